The Balaban J connectivity index is 0.843. The Morgan fingerprint density at radius 3 is 2.13 bits per heavy atom. The topological polar surface area (TPSA) is 521 Å². The summed E-state index contributed by atoms with van der Waals surface area (Å²) in [5.41, 5.74) is 0.549. The molecular formula is C66H82N6O28S2. The molecule has 3 heterocycles. The molecule has 14 unspecified atom stereocenters. The monoisotopic (exact) mass is 1470 g/mol. The number of aliphatic hydroxyl groups excluding tert-OH is 5. The standard InChI is InChI=1S/C66H82N6O28S2/c1-34-54(78)56(80)57(81)64(95-34)100-58-43(70-61(82)44-29-50(75)72-66(86)71-44)26-39(27-46(58)97-65-60(99-63(85)37-14-6-3-7-15-37)59(55(79)48(31-73)98-65)96-47(62(83)84)24-35-11-4-2-5-12-35)45(74)19-10-20-67-51(76)32-93-21-22-94-33-52(77)69-40-17-8-13-36(23-40)30-68-42-18-9-16-38-25-41(101(87,88)89)28-49(53(38)42)102(90,91)92/h3,6-9,13-18,23,25,28-29,34-35,39,43,46-48,54-60,64-65,68,73,78-81H,2,4-5,10-12,19-22,24,26-27,30-33H2,1H3,(H,67,76)(H,69,77)(H,70,82)(H,83,84)(H,87,88,89)(H,90,91,92)(H2,71,72,75,86)/t34?,39?,43?,46?,47-,48?,54?,55?,56?,57?,58?,59?,60?,64?,65?/m0/s1. The van der Waals surface area contributed by atoms with Crippen molar-refractivity contribution in [2.24, 2.45) is 11.8 Å². The number of nitrogens with one attached hydrogen (secondary N) is 4. The third-order valence-corrected chi connectivity index (χ3v) is 19.5. The first-order valence-corrected chi connectivity index (χ1v) is 35.7. The Morgan fingerprint density at radius 2 is 1.44 bits per heavy atom. The van der Waals surface area contributed by atoms with E-state index >= 15 is 0 Å². The zero-order valence-corrected chi connectivity index (χ0v) is 56.6. The molecule has 5 aromatic rings. The maximum absolute atomic E-state index is 14.6. The van der Waals surface area contributed by atoms with Gasteiger partial charge in [0.1, 0.15) is 72.3 Å². The average Bonchev–Trinajstić information content (AvgIpc) is 0.770. The second kappa shape index (κ2) is 35.4. The lowest BCUT2D eigenvalue weighted by molar-refractivity contribution is -0.347. The van der Waals surface area contributed by atoms with Gasteiger partial charge in [0, 0.05) is 48.3 Å². The number of aromatic nitrogens is 2. The van der Waals surface area contributed by atoms with Crippen LogP contribution in [0.2, 0.25) is 0 Å². The maximum atomic E-state index is 14.6. The lowest BCUT2D eigenvalue weighted by Gasteiger charge is -2.49. The molecule has 2 saturated carbocycles. The molecule has 9 rings (SSSR count). The highest BCUT2D eigenvalue weighted by Crippen LogP contribution is 2.40. The number of Topliss-reactive ketones (excluding diaryl/α,β-unsaturated/α-hetero) is 1. The van der Waals surface area contributed by atoms with Gasteiger partial charge in [-0.05, 0) is 91.9 Å². The molecule has 4 aromatic carbocycles. The van der Waals surface area contributed by atoms with Crippen molar-refractivity contribution >= 4 is 77.8 Å². The number of aromatic hydroxyl groups is 2. The number of hydrogen-bond donors (Lipinski definition) is 14. The first-order valence-electron chi connectivity index (χ1n) is 32.8. The van der Waals surface area contributed by atoms with E-state index in [0.29, 0.717) is 30.2 Å². The zero-order chi connectivity index (χ0) is 73.6. The second-order valence-electron chi connectivity index (χ2n) is 25.1. The van der Waals surface area contributed by atoms with Crippen molar-refractivity contribution < 1.29 is 133 Å². The third-order valence-electron chi connectivity index (χ3n) is 17.8. The molecule has 556 valence electrons. The van der Waals surface area contributed by atoms with E-state index in [9.17, 15) is 95.6 Å². The van der Waals surface area contributed by atoms with E-state index in [1.807, 2.05) is 0 Å². The van der Waals surface area contributed by atoms with Gasteiger partial charge in [0.05, 0.1) is 48.5 Å². The summed E-state index contributed by atoms with van der Waals surface area (Å²) >= 11 is 0. The number of aliphatic carboxylic acids is 1. The number of ketones is 1. The molecule has 0 bridgehead atoms. The predicted octanol–water partition coefficient (Wildman–Crippen LogP) is 1.50. The van der Waals surface area contributed by atoms with Crippen LogP contribution in [0.3, 0.4) is 0 Å². The van der Waals surface area contributed by atoms with E-state index in [2.05, 4.69) is 31.2 Å². The van der Waals surface area contributed by atoms with Crippen molar-refractivity contribution in [3.8, 4) is 11.9 Å². The number of hydrogen-bond acceptors (Lipinski definition) is 28. The highest BCUT2D eigenvalue weighted by Gasteiger charge is 2.55. The molecule has 2 aliphatic heterocycles. The molecule has 34 nitrogen and oxygen atoms in total. The number of carbonyl (C=O) groups excluding carboxylic acids is 5. The molecule has 36 heteroatoms. The van der Waals surface area contributed by atoms with Crippen LogP contribution in [-0.2, 0) is 83.9 Å². The Labute approximate surface area is 584 Å². The van der Waals surface area contributed by atoms with Gasteiger partial charge >= 0.3 is 17.9 Å². The van der Waals surface area contributed by atoms with Crippen LogP contribution in [0.5, 0.6) is 11.9 Å². The van der Waals surface area contributed by atoms with Crippen molar-refractivity contribution in [1.82, 2.24) is 20.6 Å². The van der Waals surface area contributed by atoms with Crippen LogP contribution in [0.25, 0.3) is 10.8 Å². The maximum Gasteiger partial charge on any atom is 0.338 e. The lowest BCUT2D eigenvalue weighted by Crippen LogP contribution is -2.65. The highest BCUT2D eigenvalue weighted by molar-refractivity contribution is 7.86. The van der Waals surface area contributed by atoms with Crippen LogP contribution in [0, 0.1) is 11.8 Å². The fourth-order valence-corrected chi connectivity index (χ4v) is 14.1. The molecule has 4 fully saturated rings. The fourth-order valence-electron chi connectivity index (χ4n) is 12.7. The summed E-state index contributed by atoms with van der Waals surface area (Å²) in [6.07, 6.45) is -19.4. The number of amides is 3. The first kappa shape index (κ1) is 78.1. The summed E-state index contributed by atoms with van der Waals surface area (Å²) in [5.74, 6) is -7.21. The number of anilines is 2. The van der Waals surface area contributed by atoms with Gasteiger partial charge in [-0.25, -0.2) is 9.59 Å². The molecule has 14 N–H and O–H groups in total. The smallest absolute Gasteiger partial charge is 0.338 e. The summed E-state index contributed by atoms with van der Waals surface area (Å²) in [6.45, 7) is -0.736. The number of rotatable bonds is 32. The van der Waals surface area contributed by atoms with E-state index in [1.165, 1.54) is 49.4 Å². The number of carbonyl (C=O) groups is 6. The van der Waals surface area contributed by atoms with Crippen LogP contribution >= 0.6 is 0 Å². The molecular weight excluding hydrogens is 1390 g/mol. The highest BCUT2D eigenvalue weighted by atomic mass is 32.2. The van der Waals surface area contributed by atoms with Crippen molar-refractivity contribution in [3.05, 3.63) is 108 Å². The van der Waals surface area contributed by atoms with E-state index in [1.54, 1.807) is 30.3 Å². The molecule has 0 spiro atoms. The number of carboxylic acid groups (broad SMARTS) is 1. The number of carboxylic acids is 1. The number of ether oxygens (including phenoxy) is 8. The van der Waals surface area contributed by atoms with Gasteiger partial charge in [-0.1, -0.05) is 74.6 Å². The molecule has 2 aliphatic carbocycles. The van der Waals surface area contributed by atoms with E-state index in [4.69, 9.17) is 37.9 Å². The quantitative estimate of drug-likeness (QED) is 0.0165. The molecule has 3 amide bonds. The molecule has 102 heavy (non-hydrogen) atoms. The second-order valence-corrected chi connectivity index (χ2v) is 27.9. The minimum atomic E-state index is -4.98. The summed E-state index contributed by atoms with van der Waals surface area (Å²) < 4.78 is 116. The van der Waals surface area contributed by atoms with Gasteiger partial charge < -0.3 is 100 Å². The molecule has 15 atom stereocenters. The minimum Gasteiger partial charge on any atom is -0.493 e. The summed E-state index contributed by atoms with van der Waals surface area (Å²) in [6, 6.07) is 18.5. The molecule has 2 saturated heterocycles. The van der Waals surface area contributed by atoms with Gasteiger partial charge in [-0.2, -0.15) is 26.8 Å². The van der Waals surface area contributed by atoms with Crippen molar-refractivity contribution in [2.45, 2.75) is 173 Å². The van der Waals surface area contributed by atoms with Crippen molar-refractivity contribution in [2.75, 3.05) is 50.2 Å². The first-order chi connectivity index (χ1) is 48.5. The predicted molar refractivity (Wildman–Crippen MR) is 351 cm³/mol. The van der Waals surface area contributed by atoms with E-state index in [-0.39, 0.29) is 86.3 Å². The number of aliphatic hydroxyl groups is 5. The SMILES string of the molecule is CC1OC(OC2C(NC(=O)c3cc(O)nc(O)n3)CC(C(=O)CCCNC(=O)COCCOCC(=O)Nc3cccc(CNc4cccc5cc(S(=O)(=O)O)cc(S(=O)(=O)O)c45)c3)CC2OC2OC(CO)C(O)C(O[C@@H](CC3CCCCC3)C(=O)O)C2OC(=O)c2ccccc2)C(O)C(O)C1O. The van der Waals surface area contributed by atoms with Crippen molar-refractivity contribution in [1.29, 1.82) is 0 Å². The Kier molecular flexibility index (Phi) is 27.1. The third kappa shape index (κ3) is 20.9. The van der Waals surface area contributed by atoms with Gasteiger partial charge in [0.25, 0.3) is 26.1 Å². The zero-order valence-electron chi connectivity index (χ0n) is 55.0. The number of fused-ring (bicyclic) bond motifs is 1. The molecule has 4 aliphatic rings. The number of benzene rings is 4. The Morgan fingerprint density at radius 1 is 0.725 bits per heavy atom. The van der Waals surface area contributed by atoms with Crippen LogP contribution in [0.1, 0.15) is 97.5 Å². The van der Waals surface area contributed by atoms with Crippen LogP contribution in [0.15, 0.2) is 101 Å². The minimum absolute atomic E-state index is 0.00671. The molecule has 0 radical (unpaired) electrons. The van der Waals surface area contributed by atoms with Gasteiger partial charge in [-0.3, -0.25) is 28.3 Å². The van der Waals surface area contributed by atoms with Crippen LogP contribution in [-0.4, -0.2) is 238 Å². The largest absolute Gasteiger partial charge is 0.493 e. The van der Waals surface area contributed by atoms with Gasteiger partial charge in [0.15, 0.2) is 24.8 Å². The molecule has 1 aromatic heterocycles. The lowest BCUT2D eigenvalue weighted by atomic mass is 9.78. The summed E-state index contributed by atoms with van der Waals surface area (Å²) in [7, 11) is -9.82. The Bertz CT molecular complexity index is 3970. The van der Waals surface area contributed by atoms with Gasteiger partial charge in [0.2, 0.25) is 17.7 Å². The summed E-state index contributed by atoms with van der Waals surface area (Å²) in [5, 5.41) is 97.6. The van der Waals surface area contributed by atoms with E-state index < -0.39 is 195 Å². The van der Waals surface area contributed by atoms with Crippen molar-refractivity contribution in [3.63, 3.8) is 0 Å². The fraction of sp³-hybridized carbons (Fsp3) is 0.515. The van der Waals surface area contributed by atoms with Crippen LogP contribution < -0.4 is 21.3 Å². The van der Waals surface area contributed by atoms with Gasteiger partial charge in [-0.15, -0.1) is 0 Å². The Hall–Kier alpha value is -8.02. The average molecular weight is 1470 g/mol. The normalized spacial score (nSPS) is 25.9. The van der Waals surface area contributed by atoms with Crippen LogP contribution in [0.4, 0.5) is 11.4 Å². The number of esters is 1. The summed E-state index contributed by atoms with van der Waals surface area (Å²) in [4.78, 5) is 87.2. The number of nitrogens with zero attached hydrogens (tertiary/aromatic N) is 2. The van der Waals surface area contributed by atoms with E-state index in [0.717, 1.165) is 31.4 Å².